The van der Waals surface area contributed by atoms with E-state index in [0.717, 1.165) is 6.54 Å². The van der Waals surface area contributed by atoms with Gasteiger partial charge in [-0.2, -0.15) is 0 Å². The molecule has 0 aliphatic heterocycles. The molecule has 1 spiro atoms. The van der Waals surface area contributed by atoms with Crippen molar-refractivity contribution in [2.75, 3.05) is 13.6 Å². The molecule has 0 amide bonds. The molecule has 1 aromatic rings. The SMILES string of the molecule is CNCC1c2cnccc2CCC12CC2. The van der Waals surface area contributed by atoms with Crippen molar-refractivity contribution in [3.63, 3.8) is 0 Å². The third-order valence-electron chi connectivity index (χ3n) is 4.25. The molecule has 1 atom stereocenters. The summed E-state index contributed by atoms with van der Waals surface area (Å²) in [6.07, 6.45) is 9.52. The number of aromatic nitrogens is 1. The van der Waals surface area contributed by atoms with Crippen LogP contribution in [0.2, 0.25) is 0 Å². The van der Waals surface area contributed by atoms with E-state index in [4.69, 9.17) is 0 Å². The van der Waals surface area contributed by atoms with E-state index in [9.17, 15) is 0 Å². The smallest absolute Gasteiger partial charge is 0.0306 e. The summed E-state index contributed by atoms with van der Waals surface area (Å²) in [4.78, 5) is 4.30. The summed E-state index contributed by atoms with van der Waals surface area (Å²) in [5.74, 6) is 0.708. The van der Waals surface area contributed by atoms with Crippen LogP contribution in [0.4, 0.5) is 0 Å². The van der Waals surface area contributed by atoms with Crippen LogP contribution in [0.1, 0.15) is 36.3 Å². The minimum absolute atomic E-state index is 0.638. The Bertz CT molecular complexity index is 369. The van der Waals surface area contributed by atoms with Gasteiger partial charge in [-0.3, -0.25) is 4.98 Å². The molecule has 80 valence electrons. The highest BCUT2D eigenvalue weighted by atomic mass is 14.8. The van der Waals surface area contributed by atoms with E-state index >= 15 is 0 Å². The van der Waals surface area contributed by atoms with Gasteiger partial charge >= 0.3 is 0 Å². The summed E-state index contributed by atoms with van der Waals surface area (Å²) < 4.78 is 0. The van der Waals surface area contributed by atoms with Crippen LogP contribution in [0.25, 0.3) is 0 Å². The zero-order valence-corrected chi connectivity index (χ0v) is 9.29. The second-order valence-corrected chi connectivity index (χ2v) is 5.05. The van der Waals surface area contributed by atoms with Gasteiger partial charge < -0.3 is 5.32 Å². The third kappa shape index (κ3) is 1.39. The molecule has 2 nitrogen and oxygen atoms in total. The Morgan fingerprint density at radius 1 is 1.47 bits per heavy atom. The van der Waals surface area contributed by atoms with Crippen LogP contribution in [0, 0.1) is 5.41 Å². The summed E-state index contributed by atoms with van der Waals surface area (Å²) in [7, 11) is 2.06. The van der Waals surface area contributed by atoms with Gasteiger partial charge in [-0.1, -0.05) is 0 Å². The quantitative estimate of drug-likeness (QED) is 0.794. The molecule has 2 aliphatic rings. The molecule has 1 saturated carbocycles. The lowest BCUT2D eigenvalue weighted by molar-refractivity contribution is 0.339. The molecule has 0 aromatic carbocycles. The monoisotopic (exact) mass is 202 g/mol. The largest absolute Gasteiger partial charge is 0.319 e. The minimum atomic E-state index is 0.638. The number of rotatable bonds is 2. The first-order valence-electron chi connectivity index (χ1n) is 5.93. The van der Waals surface area contributed by atoms with Gasteiger partial charge in [0.25, 0.3) is 0 Å². The molecule has 15 heavy (non-hydrogen) atoms. The molecule has 1 N–H and O–H groups in total. The number of aryl methyl sites for hydroxylation is 1. The summed E-state index contributed by atoms with van der Waals surface area (Å²) in [5.41, 5.74) is 3.68. The van der Waals surface area contributed by atoms with Crippen LogP contribution in [0.3, 0.4) is 0 Å². The molecule has 2 heteroatoms. The van der Waals surface area contributed by atoms with Crippen molar-refractivity contribution in [2.24, 2.45) is 5.41 Å². The number of likely N-dealkylation sites (N-methyl/N-ethyl adjacent to an activating group) is 1. The van der Waals surface area contributed by atoms with Gasteiger partial charge in [-0.15, -0.1) is 0 Å². The van der Waals surface area contributed by atoms with Crippen molar-refractivity contribution in [1.29, 1.82) is 0 Å². The van der Waals surface area contributed by atoms with Crippen molar-refractivity contribution in [2.45, 2.75) is 31.6 Å². The van der Waals surface area contributed by atoms with Gasteiger partial charge in [-0.05, 0) is 55.3 Å². The molecular formula is C13H18N2. The van der Waals surface area contributed by atoms with Crippen LogP contribution < -0.4 is 5.32 Å². The van der Waals surface area contributed by atoms with Crippen LogP contribution in [-0.4, -0.2) is 18.6 Å². The number of hydrogen-bond acceptors (Lipinski definition) is 2. The summed E-state index contributed by atoms with van der Waals surface area (Å²) in [6, 6.07) is 2.20. The Morgan fingerprint density at radius 3 is 3.07 bits per heavy atom. The Balaban J connectivity index is 2.00. The molecule has 1 unspecified atom stereocenters. The summed E-state index contributed by atoms with van der Waals surface area (Å²) in [5, 5.41) is 3.35. The highest BCUT2D eigenvalue weighted by Crippen LogP contribution is 2.61. The molecule has 0 radical (unpaired) electrons. The fourth-order valence-electron chi connectivity index (χ4n) is 3.15. The van der Waals surface area contributed by atoms with Crippen LogP contribution in [0.5, 0.6) is 0 Å². The summed E-state index contributed by atoms with van der Waals surface area (Å²) >= 11 is 0. The van der Waals surface area contributed by atoms with E-state index in [1.165, 1.54) is 36.8 Å². The van der Waals surface area contributed by atoms with Crippen molar-refractivity contribution >= 4 is 0 Å². The van der Waals surface area contributed by atoms with Crippen molar-refractivity contribution in [1.82, 2.24) is 10.3 Å². The molecule has 0 saturated heterocycles. The molecule has 1 fully saturated rings. The van der Waals surface area contributed by atoms with E-state index in [1.807, 2.05) is 6.20 Å². The third-order valence-corrected chi connectivity index (χ3v) is 4.25. The first kappa shape index (κ1) is 9.34. The lowest BCUT2D eigenvalue weighted by Gasteiger charge is -2.33. The predicted octanol–water partition coefficient (Wildman–Crippen LogP) is 2.11. The van der Waals surface area contributed by atoms with Gasteiger partial charge in [0.1, 0.15) is 0 Å². The second kappa shape index (κ2) is 3.31. The van der Waals surface area contributed by atoms with Crippen LogP contribution >= 0.6 is 0 Å². The normalized spacial score (nSPS) is 26.3. The second-order valence-electron chi connectivity index (χ2n) is 5.05. The molecule has 1 aromatic heterocycles. The predicted molar refractivity (Wildman–Crippen MR) is 60.9 cm³/mol. The number of nitrogens with zero attached hydrogens (tertiary/aromatic N) is 1. The number of pyridine rings is 1. The van der Waals surface area contributed by atoms with E-state index in [2.05, 4.69) is 29.6 Å². The first-order chi connectivity index (χ1) is 7.36. The van der Waals surface area contributed by atoms with Gasteiger partial charge in [-0.25, -0.2) is 0 Å². The summed E-state index contributed by atoms with van der Waals surface area (Å²) in [6.45, 7) is 1.11. The zero-order chi connectivity index (χ0) is 10.3. The number of hydrogen-bond donors (Lipinski definition) is 1. The maximum Gasteiger partial charge on any atom is 0.0306 e. The molecule has 1 heterocycles. The highest BCUT2D eigenvalue weighted by molar-refractivity contribution is 5.35. The lowest BCUT2D eigenvalue weighted by Crippen LogP contribution is -2.30. The van der Waals surface area contributed by atoms with E-state index in [-0.39, 0.29) is 0 Å². The Labute approximate surface area is 91.1 Å². The van der Waals surface area contributed by atoms with Gasteiger partial charge in [0.05, 0.1) is 0 Å². The minimum Gasteiger partial charge on any atom is -0.319 e. The van der Waals surface area contributed by atoms with Crippen molar-refractivity contribution in [3.05, 3.63) is 29.6 Å². The lowest BCUT2D eigenvalue weighted by atomic mass is 9.73. The Morgan fingerprint density at radius 2 is 2.33 bits per heavy atom. The zero-order valence-electron chi connectivity index (χ0n) is 9.29. The first-order valence-corrected chi connectivity index (χ1v) is 5.93. The van der Waals surface area contributed by atoms with Gasteiger partial charge in [0.15, 0.2) is 0 Å². The molecule has 3 rings (SSSR count). The number of nitrogens with one attached hydrogen (secondary N) is 1. The maximum absolute atomic E-state index is 4.30. The Kier molecular flexibility index (Phi) is 2.06. The maximum atomic E-state index is 4.30. The van der Waals surface area contributed by atoms with E-state index < -0.39 is 0 Å². The standard InChI is InChI=1S/C13H18N2/c1-14-9-12-11-8-15-7-3-10(11)2-4-13(12)5-6-13/h3,7-8,12,14H,2,4-6,9H2,1H3. The Hall–Kier alpha value is -0.890. The fraction of sp³-hybridized carbons (Fsp3) is 0.615. The van der Waals surface area contributed by atoms with E-state index in [1.54, 1.807) is 0 Å². The average Bonchev–Trinajstić information content (AvgIpc) is 3.04. The molecule has 0 bridgehead atoms. The van der Waals surface area contributed by atoms with Gasteiger partial charge in [0, 0.05) is 24.9 Å². The van der Waals surface area contributed by atoms with E-state index in [0.29, 0.717) is 11.3 Å². The highest BCUT2D eigenvalue weighted by Gasteiger charge is 2.51. The van der Waals surface area contributed by atoms with Crippen molar-refractivity contribution < 1.29 is 0 Å². The van der Waals surface area contributed by atoms with Crippen LogP contribution in [0.15, 0.2) is 18.5 Å². The van der Waals surface area contributed by atoms with Crippen LogP contribution in [-0.2, 0) is 6.42 Å². The number of fused-ring (bicyclic) bond motifs is 1. The van der Waals surface area contributed by atoms with Crippen molar-refractivity contribution in [3.8, 4) is 0 Å². The fourth-order valence-corrected chi connectivity index (χ4v) is 3.15. The topological polar surface area (TPSA) is 24.9 Å². The van der Waals surface area contributed by atoms with Gasteiger partial charge in [0.2, 0.25) is 0 Å². The molecular weight excluding hydrogens is 184 g/mol. The molecule has 2 aliphatic carbocycles. The average molecular weight is 202 g/mol.